The van der Waals surface area contributed by atoms with Gasteiger partial charge in [0.1, 0.15) is 0 Å². The Bertz CT molecular complexity index is 533. The van der Waals surface area contributed by atoms with Crippen molar-refractivity contribution in [3.63, 3.8) is 0 Å². The van der Waals surface area contributed by atoms with E-state index in [0.717, 1.165) is 12.1 Å². The molecule has 13 N–H and O–H groups in total. The Kier molecular flexibility index (Phi) is 7.05. The van der Waals surface area contributed by atoms with Gasteiger partial charge in [-0.25, -0.2) is 9.59 Å². The zero-order valence-corrected chi connectivity index (χ0v) is 11.1. The van der Waals surface area contributed by atoms with E-state index in [4.69, 9.17) is 10.2 Å². The van der Waals surface area contributed by atoms with Crippen LogP contribution in [0.4, 0.5) is 0 Å². The topological polar surface area (TPSA) is 221 Å². The largest absolute Gasteiger partial charge is 0.482 e. The van der Waals surface area contributed by atoms with Gasteiger partial charge in [0.15, 0.2) is 0 Å². The predicted molar refractivity (Wildman–Crippen MR) is 63.3 cm³/mol. The Hall–Kier alpha value is -1.89. The highest BCUT2D eigenvalue weighted by Gasteiger charge is 2.38. The summed E-state index contributed by atoms with van der Waals surface area (Å²) in [5, 5.41) is 17.5. The quantitative estimate of drug-likeness (QED) is 0.383. The van der Waals surface area contributed by atoms with Crippen LogP contribution in [0.5, 0.6) is 0 Å². The van der Waals surface area contributed by atoms with Crippen LogP contribution in [0.25, 0.3) is 0 Å². The van der Waals surface area contributed by atoms with Crippen LogP contribution in [-0.2, 0) is 23.5 Å². The van der Waals surface area contributed by atoms with E-state index in [2.05, 4.69) is 10.2 Å². The molecule has 0 saturated heterocycles. The summed E-state index contributed by atoms with van der Waals surface area (Å²) < 4.78 is 26.4. The molecule has 10 nitrogen and oxygen atoms in total. The van der Waals surface area contributed by atoms with E-state index in [9.17, 15) is 18.4 Å². The molecule has 1 rings (SSSR count). The first-order valence-corrected chi connectivity index (χ1v) is 5.49. The Morgan fingerprint density at radius 1 is 1.11 bits per heavy atom. The third-order valence-corrected chi connectivity index (χ3v) is 3.04. The molecule has 0 aliphatic rings. The summed E-state index contributed by atoms with van der Waals surface area (Å²) in [4.78, 5) is 21.0. The second kappa shape index (κ2) is 6.89. The van der Waals surface area contributed by atoms with E-state index >= 15 is 0 Å². The second-order valence-electron chi connectivity index (χ2n) is 2.89. The lowest BCUT2D eigenvalue weighted by Gasteiger charge is -2.01. The van der Waals surface area contributed by atoms with Gasteiger partial charge in [-0.2, -0.15) is 5.90 Å². The number of hydrogen-bond acceptors (Lipinski definition) is 4. The summed E-state index contributed by atoms with van der Waals surface area (Å²) in [7, 11) is -4.16. The molecule has 0 bridgehead atoms. The molecule has 1 atom stereocenters. The molecule has 0 fully saturated rings. The van der Waals surface area contributed by atoms with Crippen molar-refractivity contribution in [2.75, 3.05) is 0 Å². The van der Waals surface area contributed by atoms with Gasteiger partial charge in [0.05, 0.1) is 20.0 Å². The third-order valence-electron chi connectivity index (χ3n) is 1.90. The maximum atomic E-state index is 11.2. The second-order valence-corrected chi connectivity index (χ2v) is 4.51. The Balaban J connectivity index is 0. The number of quaternary nitrogens is 3. The van der Waals surface area contributed by atoms with Crippen LogP contribution >= 0.6 is 0 Å². The lowest BCUT2D eigenvalue weighted by Crippen LogP contribution is -2.52. The summed E-state index contributed by atoms with van der Waals surface area (Å²) in [5.74, 6) is -0.309. The molecule has 0 spiro atoms. The van der Waals surface area contributed by atoms with E-state index in [1.54, 1.807) is 0 Å². The minimum atomic E-state index is -4.16. The van der Waals surface area contributed by atoms with Gasteiger partial charge in [0.2, 0.25) is 4.90 Å². The predicted octanol–water partition coefficient (Wildman–Crippen LogP) is 0.128. The fourth-order valence-corrected chi connectivity index (χ4v) is 1.74. The highest BCUT2D eigenvalue weighted by Crippen LogP contribution is 2.21. The van der Waals surface area contributed by atoms with Crippen LogP contribution in [0, 0.1) is 0 Å². The molecule has 0 saturated carbocycles. The smallest absolute Gasteiger partial charge is 0.478 e. The van der Waals surface area contributed by atoms with Gasteiger partial charge in [-0.05, 0) is 10.3 Å². The lowest BCUT2D eigenvalue weighted by molar-refractivity contribution is -0.637. The summed E-state index contributed by atoms with van der Waals surface area (Å²) in [6.07, 6.45) is 0. The normalized spacial score (nSPS) is 12.5. The van der Waals surface area contributed by atoms with E-state index in [0.29, 0.717) is 6.07 Å². The number of carbonyl (C=O) groups is 2. The molecular formula is C8H16N3O7S+4. The SMILES string of the molecule is [NH3+]O[S+]([O])(=O)c1ccc(C(=O)O)c(C(=O)O)c1.[NH4+].[NH4+]. The van der Waals surface area contributed by atoms with Crippen molar-refractivity contribution in [1.82, 2.24) is 12.3 Å². The highest BCUT2D eigenvalue weighted by atomic mass is 32.3. The van der Waals surface area contributed by atoms with Crippen molar-refractivity contribution in [2.45, 2.75) is 4.90 Å². The summed E-state index contributed by atoms with van der Waals surface area (Å²) in [6.45, 7) is 0. The standard InChI is InChI=1S/C8H7NO7S.2H3N/c9-16-17(14,15)4-1-2-5(7(10)11)6(3-4)8(12)13;;/h1-3H,9H3,(H-,10,11,12,13);2*1H3/q+1;;/p+3. The summed E-state index contributed by atoms with van der Waals surface area (Å²) >= 11 is 0. The summed E-state index contributed by atoms with van der Waals surface area (Å²) in [6, 6.07) is 2.50. The Morgan fingerprint density at radius 3 is 1.95 bits per heavy atom. The number of carboxylic acids is 2. The monoisotopic (exact) mass is 298 g/mol. The van der Waals surface area contributed by atoms with Crippen molar-refractivity contribution in [3.05, 3.63) is 29.3 Å². The van der Waals surface area contributed by atoms with Crippen molar-refractivity contribution >= 4 is 22.4 Å². The van der Waals surface area contributed by atoms with Gasteiger partial charge in [-0.1, -0.05) is 0 Å². The van der Waals surface area contributed by atoms with Crippen LogP contribution < -0.4 is 18.2 Å². The third kappa shape index (κ3) is 4.06. The average molecular weight is 298 g/mol. The van der Waals surface area contributed by atoms with Crippen LogP contribution in [0.1, 0.15) is 20.7 Å². The molecular weight excluding hydrogens is 282 g/mol. The van der Waals surface area contributed by atoms with Gasteiger partial charge < -0.3 is 22.5 Å². The molecule has 11 heteroatoms. The molecule has 0 heterocycles. The van der Waals surface area contributed by atoms with Crippen LogP contribution in [0.15, 0.2) is 23.1 Å². The molecule has 0 aliphatic heterocycles. The molecule has 0 amide bonds. The minimum Gasteiger partial charge on any atom is -0.478 e. The number of benzene rings is 1. The molecule has 1 aromatic rings. The van der Waals surface area contributed by atoms with Crippen molar-refractivity contribution < 1.29 is 38.7 Å². The van der Waals surface area contributed by atoms with Crippen LogP contribution in [-0.4, -0.2) is 22.2 Å². The maximum Gasteiger partial charge on any atom is 0.482 e. The van der Waals surface area contributed by atoms with E-state index in [1.807, 2.05) is 0 Å². The maximum absolute atomic E-state index is 11.2. The van der Waals surface area contributed by atoms with Gasteiger partial charge in [-0.3, -0.25) is 0 Å². The minimum absolute atomic E-state index is 0. The first-order valence-electron chi connectivity index (χ1n) is 4.09. The van der Waals surface area contributed by atoms with Gasteiger partial charge in [0.25, 0.3) is 0 Å². The lowest BCUT2D eigenvalue weighted by atomic mass is 10.1. The fourth-order valence-electron chi connectivity index (χ4n) is 1.11. The van der Waals surface area contributed by atoms with E-state index in [-0.39, 0.29) is 12.3 Å². The average Bonchev–Trinajstić information content (AvgIpc) is 2.28. The van der Waals surface area contributed by atoms with Gasteiger partial charge >= 0.3 is 22.4 Å². The summed E-state index contributed by atoms with van der Waals surface area (Å²) in [5.41, 5.74) is -1.16. The number of hydrogen-bond donors (Lipinski definition) is 5. The van der Waals surface area contributed by atoms with Crippen molar-refractivity contribution in [3.8, 4) is 0 Å². The van der Waals surface area contributed by atoms with Crippen LogP contribution in [0.3, 0.4) is 0 Å². The number of aromatic carboxylic acids is 2. The zero-order valence-electron chi connectivity index (χ0n) is 10.3. The first-order chi connectivity index (χ1) is 7.79. The molecule has 19 heavy (non-hydrogen) atoms. The Morgan fingerprint density at radius 2 is 1.58 bits per heavy atom. The molecule has 1 radical (unpaired) electrons. The van der Waals surface area contributed by atoms with E-state index in [1.165, 1.54) is 0 Å². The molecule has 1 aromatic carbocycles. The zero-order chi connectivity index (χ0) is 13.2. The molecule has 0 aliphatic carbocycles. The molecule has 1 unspecified atom stereocenters. The fraction of sp³-hybridized carbons (Fsp3) is 0. The van der Waals surface area contributed by atoms with Gasteiger partial charge in [0, 0.05) is 12.1 Å². The van der Waals surface area contributed by atoms with Crippen LogP contribution in [0.2, 0.25) is 0 Å². The van der Waals surface area contributed by atoms with Crippen molar-refractivity contribution in [1.29, 1.82) is 0 Å². The van der Waals surface area contributed by atoms with Gasteiger partial charge in [-0.15, -0.1) is 0 Å². The molecule has 107 valence electrons. The van der Waals surface area contributed by atoms with E-state index < -0.39 is 38.5 Å². The highest BCUT2D eigenvalue weighted by molar-refractivity contribution is 7.92. The number of rotatable bonds is 4. The number of carboxylic acid groups (broad SMARTS) is 2. The first kappa shape index (κ1) is 19.4. The van der Waals surface area contributed by atoms with Crippen molar-refractivity contribution in [2.24, 2.45) is 0 Å². The molecule has 0 aromatic heterocycles. The Labute approximate surface area is 108 Å².